The largest absolute Gasteiger partial charge is 0.455 e. The minimum atomic E-state index is -0.549. The lowest BCUT2D eigenvalue weighted by molar-refractivity contribution is -0.384. The van der Waals surface area contributed by atoms with Crippen molar-refractivity contribution in [2.75, 3.05) is 0 Å². The Morgan fingerprint density at radius 1 is 1.11 bits per heavy atom. The zero-order valence-electron chi connectivity index (χ0n) is 13.7. The number of nitro groups is 1. The van der Waals surface area contributed by atoms with Gasteiger partial charge >= 0.3 is 0 Å². The summed E-state index contributed by atoms with van der Waals surface area (Å²) in [6.45, 7) is 0. The van der Waals surface area contributed by atoms with Gasteiger partial charge in [0.15, 0.2) is 0 Å². The molecule has 0 aliphatic carbocycles. The van der Waals surface area contributed by atoms with Crippen LogP contribution in [0.15, 0.2) is 59.0 Å². The van der Waals surface area contributed by atoms with Gasteiger partial charge in [-0.05, 0) is 42.5 Å². The predicted molar refractivity (Wildman–Crippen MR) is 104 cm³/mol. The molecule has 0 aliphatic rings. The van der Waals surface area contributed by atoms with Gasteiger partial charge in [0.2, 0.25) is 5.91 Å². The van der Waals surface area contributed by atoms with Crippen molar-refractivity contribution in [1.29, 1.82) is 5.41 Å². The van der Waals surface area contributed by atoms with Crippen molar-refractivity contribution < 1.29 is 14.1 Å². The average molecular weight is 406 g/mol. The Balaban J connectivity index is 0.000000208. The van der Waals surface area contributed by atoms with E-state index in [2.05, 4.69) is 0 Å². The van der Waals surface area contributed by atoms with Crippen molar-refractivity contribution in [2.24, 2.45) is 5.73 Å². The third kappa shape index (κ3) is 5.40. The number of carbonyl (C=O) groups excluding carboxylic acids is 1. The highest BCUT2D eigenvalue weighted by Crippen LogP contribution is 2.24. The van der Waals surface area contributed by atoms with Crippen LogP contribution in [0.5, 0.6) is 0 Å². The van der Waals surface area contributed by atoms with Gasteiger partial charge in [0.1, 0.15) is 11.5 Å². The van der Waals surface area contributed by atoms with Gasteiger partial charge < -0.3 is 15.6 Å². The monoisotopic (exact) mass is 405 g/mol. The summed E-state index contributed by atoms with van der Waals surface area (Å²) in [5.74, 6) is 0.494. The summed E-state index contributed by atoms with van der Waals surface area (Å²) in [7, 11) is 0. The molecule has 3 aromatic rings. The van der Waals surface area contributed by atoms with Crippen LogP contribution in [0.25, 0.3) is 11.3 Å². The van der Waals surface area contributed by atoms with Crippen molar-refractivity contribution in [3.8, 4) is 11.3 Å². The maximum atomic E-state index is 10.6. The van der Waals surface area contributed by atoms with Gasteiger partial charge in [-0.1, -0.05) is 23.2 Å². The highest BCUT2D eigenvalue weighted by Gasteiger charge is 2.07. The number of nitrogens with zero attached hydrogens (tertiary/aromatic N) is 1. The Hall–Kier alpha value is -3.16. The Morgan fingerprint density at radius 3 is 2.26 bits per heavy atom. The molecule has 138 valence electrons. The molecule has 0 spiro atoms. The van der Waals surface area contributed by atoms with E-state index in [0.717, 1.165) is 11.8 Å². The number of carbonyl (C=O) groups is 1. The van der Waals surface area contributed by atoms with Gasteiger partial charge in [0, 0.05) is 22.7 Å². The SMILES string of the molecule is N=Cc1ccc(-c2ccc([N+](=O)[O-])cc2)o1.NC(=O)c1ccc(Cl)cc1Cl. The normalized spacial score (nSPS) is 9.85. The predicted octanol–water partition coefficient (Wildman–Crippen LogP) is 4.94. The van der Waals surface area contributed by atoms with Crippen LogP contribution in [0.1, 0.15) is 16.1 Å². The number of nitrogens with one attached hydrogen (secondary N) is 1. The van der Waals surface area contributed by atoms with Gasteiger partial charge in [0.05, 0.1) is 21.7 Å². The zero-order valence-corrected chi connectivity index (χ0v) is 15.2. The molecule has 7 nitrogen and oxygen atoms in total. The molecule has 9 heteroatoms. The van der Waals surface area contributed by atoms with E-state index >= 15 is 0 Å². The average Bonchev–Trinajstić information content (AvgIpc) is 3.11. The summed E-state index contributed by atoms with van der Waals surface area (Å²) < 4.78 is 5.31. The molecule has 0 unspecified atom stereocenters. The fourth-order valence-electron chi connectivity index (χ4n) is 2.02. The Bertz CT molecular complexity index is 985. The molecule has 1 amide bonds. The van der Waals surface area contributed by atoms with E-state index in [1.54, 1.807) is 30.3 Å². The van der Waals surface area contributed by atoms with Crippen molar-refractivity contribution in [3.05, 3.63) is 86.1 Å². The number of primary amides is 1. The first-order valence-corrected chi connectivity index (χ1v) is 8.17. The lowest BCUT2D eigenvalue weighted by Gasteiger charge is -1.97. The molecule has 2 aromatic carbocycles. The van der Waals surface area contributed by atoms with E-state index in [-0.39, 0.29) is 16.3 Å². The van der Waals surface area contributed by atoms with Gasteiger partial charge in [-0.2, -0.15) is 0 Å². The molecular weight excluding hydrogens is 393 g/mol. The molecule has 0 radical (unpaired) electrons. The first-order valence-electron chi connectivity index (χ1n) is 7.42. The number of nitro benzene ring substituents is 1. The second kappa shape index (κ2) is 8.98. The van der Waals surface area contributed by atoms with Crippen molar-refractivity contribution in [1.82, 2.24) is 0 Å². The Kier molecular flexibility index (Phi) is 6.70. The number of hydrogen-bond donors (Lipinski definition) is 2. The van der Waals surface area contributed by atoms with Crippen LogP contribution in [0.4, 0.5) is 5.69 Å². The number of nitrogens with two attached hydrogens (primary N) is 1. The smallest absolute Gasteiger partial charge is 0.269 e. The first-order chi connectivity index (χ1) is 12.8. The van der Waals surface area contributed by atoms with E-state index < -0.39 is 10.8 Å². The molecule has 0 aliphatic heterocycles. The van der Waals surface area contributed by atoms with Gasteiger partial charge in [0.25, 0.3) is 5.69 Å². The maximum absolute atomic E-state index is 10.6. The fourth-order valence-corrected chi connectivity index (χ4v) is 2.52. The minimum absolute atomic E-state index is 0.0441. The van der Waals surface area contributed by atoms with Crippen LogP contribution in [0.2, 0.25) is 10.0 Å². The third-order valence-electron chi connectivity index (χ3n) is 3.33. The molecule has 0 fully saturated rings. The lowest BCUT2D eigenvalue weighted by atomic mass is 10.1. The number of halogens is 2. The summed E-state index contributed by atoms with van der Waals surface area (Å²) in [6.07, 6.45) is 1.11. The van der Waals surface area contributed by atoms with Gasteiger partial charge in [-0.3, -0.25) is 14.9 Å². The van der Waals surface area contributed by atoms with E-state index in [0.29, 0.717) is 16.5 Å². The molecular formula is C18H13Cl2N3O4. The van der Waals surface area contributed by atoms with Crippen LogP contribution in [-0.2, 0) is 0 Å². The van der Waals surface area contributed by atoms with Crippen LogP contribution < -0.4 is 5.73 Å². The summed E-state index contributed by atoms with van der Waals surface area (Å²) >= 11 is 11.2. The molecule has 0 saturated carbocycles. The van der Waals surface area contributed by atoms with Crippen LogP contribution in [0.3, 0.4) is 0 Å². The van der Waals surface area contributed by atoms with Crippen molar-refractivity contribution in [2.45, 2.75) is 0 Å². The molecule has 1 heterocycles. The third-order valence-corrected chi connectivity index (χ3v) is 3.88. The second-order valence-electron chi connectivity index (χ2n) is 5.14. The van der Waals surface area contributed by atoms with E-state index in [4.69, 9.17) is 38.8 Å². The Labute approximate surface area is 164 Å². The highest BCUT2D eigenvalue weighted by molar-refractivity contribution is 6.36. The molecule has 27 heavy (non-hydrogen) atoms. The van der Waals surface area contributed by atoms with Crippen molar-refractivity contribution >= 4 is 41.0 Å². The van der Waals surface area contributed by atoms with Crippen LogP contribution >= 0.6 is 23.2 Å². The van der Waals surface area contributed by atoms with Gasteiger partial charge in [-0.15, -0.1) is 0 Å². The summed E-state index contributed by atoms with van der Waals surface area (Å²) in [5, 5.41) is 18.2. The maximum Gasteiger partial charge on any atom is 0.269 e. The van der Waals surface area contributed by atoms with E-state index in [1.807, 2.05) is 0 Å². The lowest BCUT2D eigenvalue weighted by Crippen LogP contribution is -2.11. The van der Waals surface area contributed by atoms with Crippen LogP contribution in [0, 0.1) is 15.5 Å². The number of rotatable bonds is 4. The topological polar surface area (TPSA) is 123 Å². The van der Waals surface area contributed by atoms with Crippen molar-refractivity contribution in [3.63, 3.8) is 0 Å². The molecule has 1 aromatic heterocycles. The summed E-state index contributed by atoms with van der Waals surface area (Å²) in [6, 6.07) is 14.0. The van der Waals surface area contributed by atoms with E-state index in [1.165, 1.54) is 24.3 Å². The molecule has 0 bridgehead atoms. The second-order valence-corrected chi connectivity index (χ2v) is 5.98. The summed E-state index contributed by atoms with van der Waals surface area (Å²) in [5.41, 5.74) is 6.08. The number of hydrogen-bond acceptors (Lipinski definition) is 5. The number of non-ortho nitro benzene ring substituents is 1. The standard InChI is InChI=1S/C11H8N2O3.C7H5Cl2NO/c12-7-10-5-6-11(16-10)8-1-3-9(4-2-8)13(14)15;8-4-1-2-5(7(10)11)6(9)3-4/h1-7,12H;1-3H,(H2,10,11). The zero-order chi connectivity index (χ0) is 20.0. The van der Waals surface area contributed by atoms with Gasteiger partial charge in [-0.25, -0.2) is 0 Å². The summed E-state index contributed by atoms with van der Waals surface area (Å²) in [4.78, 5) is 20.6. The first kappa shape index (κ1) is 20.2. The van der Waals surface area contributed by atoms with Crippen LogP contribution in [-0.4, -0.2) is 17.0 Å². The number of furan rings is 1. The molecule has 0 saturated heterocycles. The quantitative estimate of drug-likeness (QED) is 0.362. The molecule has 3 N–H and O–H groups in total. The number of benzene rings is 2. The van der Waals surface area contributed by atoms with E-state index in [9.17, 15) is 14.9 Å². The Morgan fingerprint density at radius 2 is 1.78 bits per heavy atom. The fraction of sp³-hybridized carbons (Fsp3) is 0. The number of amides is 1. The highest BCUT2D eigenvalue weighted by atomic mass is 35.5. The minimum Gasteiger partial charge on any atom is -0.455 e. The molecule has 3 rings (SSSR count). The molecule has 0 atom stereocenters.